The van der Waals surface area contributed by atoms with E-state index in [0.29, 0.717) is 12.8 Å². The van der Waals surface area contributed by atoms with Gasteiger partial charge in [0.1, 0.15) is 17.0 Å². The van der Waals surface area contributed by atoms with Crippen molar-refractivity contribution in [2.45, 2.75) is 83.1 Å². The second kappa shape index (κ2) is 15.5. The minimum absolute atomic E-state index is 0.0717. The average molecular weight is 719 g/mol. The molecule has 0 aromatic heterocycles. The van der Waals surface area contributed by atoms with Gasteiger partial charge in [-0.2, -0.15) is 13.7 Å². The molecule has 2 aromatic carbocycles. The highest BCUT2D eigenvalue weighted by atomic mass is 35.5. The summed E-state index contributed by atoms with van der Waals surface area (Å²) in [5.41, 5.74) is -2.55. The molecule has 3 rings (SSSR count). The van der Waals surface area contributed by atoms with Crippen LogP contribution < -0.4 is 5.32 Å². The van der Waals surface area contributed by atoms with Crippen molar-refractivity contribution in [3.05, 3.63) is 69.2 Å². The molecule has 1 unspecified atom stereocenters. The number of aliphatic hydroxyl groups is 1. The summed E-state index contributed by atoms with van der Waals surface area (Å²) in [5, 5.41) is 23.7. The van der Waals surface area contributed by atoms with Gasteiger partial charge in [-0.3, -0.25) is 13.9 Å². The summed E-state index contributed by atoms with van der Waals surface area (Å²) in [4.78, 5) is 15.9. The largest absolute Gasteiger partial charge is 0.366 e. The standard InChI is InChI=1S/C33H43Cl2F2N3O6S/c1-31(2,3)19-26-33(20-38,23-13-12-21(34)18-25(23)36)27(22-10-9-11-24(35)28(22)37)29(40(26)15-17-46-47(6,43)44)30(41)39-14-7-8-16-45-32(4,5)42/h9-13,18,26-27,29,42H,7-8,14-17,19H2,1-6H3,(H,39,41)/t26-,27?,29+,33-/m0/s1. The summed E-state index contributed by atoms with van der Waals surface area (Å²) < 4.78 is 66.5. The van der Waals surface area contributed by atoms with Crippen LogP contribution in [0.5, 0.6) is 0 Å². The fourth-order valence-electron chi connectivity index (χ4n) is 6.27. The van der Waals surface area contributed by atoms with Gasteiger partial charge in [0.15, 0.2) is 5.79 Å². The number of likely N-dealkylation sites (tertiary alicyclic amines) is 1. The highest BCUT2D eigenvalue weighted by Crippen LogP contribution is 2.56. The van der Waals surface area contributed by atoms with Crippen LogP contribution in [0.3, 0.4) is 0 Å². The molecule has 1 heterocycles. The van der Waals surface area contributed by atoms with E-state index in [1.54, 1.807) is 4.90 Å². The number of nitrogens with zero attached hydrogens (tertiary/aromatic N) is 2. The van der Waals surface area contributed by atoms with E-state index in [1.165, 1.54) is 44.2 Å². The molecule has 1 aliphatic heterocycles. The minimum atomic E-state index is -3.89. The van der Waals surface area contributed by atoms with E-state index in [4.69, 9.17) is 32.1 Å². The lowest BCUT2D eigenvalue weighted by molar-refractivity contribution is -0.176. The summed E-state index contributed by atoms with van der Waals surface area (Å²) in [5.74, 6) is -4.88. The summed E-state index contributed by atoms with van der Waals surface area (Å²) in [6.45, 7) is 8.60. The van der Waals surface area contributed by atoms with Crippen LogP contribution in [-0.2, 0) is 29.2 Å². The number of rotatable bonds is 14. The maximum atomic E-state index is 16.1. The van der Waals surface area contributed by atoms with Crippen molar-refractivity contribution in [3.8, 4) is 6.07 Å². The van der Waals surface area contributed by atoms with E-state index in [2.05, 4.69) is 11.4 Å². The first-order valence-corrected chi connectivity index (χ1v) is 17.8. The average Bonchev–Trinajstić information content (AvgIpc) is 3.19. The number of benzene rings is 2. The van der Waals surface area contributed by atoms with Gasteiger partial charge >= 0.3 is 0 Å². The van der Waals surface area contributed by atoms with Gasteiger partial charge in [0.2, 0.25) is 5.91 Å². The van der Waals surface area contributed by atoms with Crippen LogP contribution in [0.2, 0.25) is 10.0 Å². The van der Waals surface area contributed by atoms with Crippen molar-refractivity contribution in [2.75, 3.05) is 32.6 Å². The minimum Gasteiger partial charge on any atom is -0.366 e. The van der Waals surface area contributed by atoms with Crippen LogP contribution in [0.15, 0.2) is 36.4 Å². The van der Waals surface area contributed by atoms with Gasteiger partial charge in [-0.25, -0.2) is 8.78 Å². The lowest BCUT2D eigenvalue weighted by atomic mass is 9.62. The number of carbonyl (C=O) groups excluding carboxylic acids is 1. The lowest BCUT2D eigenvalue weighted by Gasteiger charge is -2.39. The Hall–Kier alpha value is -2.37. The summed E-state index contributed by atoms with van der Waals surface area (Å²) >= 11 is 12.4. The molecule has 47 heavy (non-hydrogen) atoms. The van der Waals surface area contributed by atoms with Gasteiger partial charge in [0.05, 0.1) is 36.6 Å². The fourth-order valence-corrected chi connectivity index (χ4v) is 6.99. The number of nitriles is 1. The SMILES string of the molecule is CC(C)(C)C[C@@H]1N(CCOS(C)(=O)=O)[C@@H](C(=O)NCCCCOC(C)(C)O)C(c2cccc(Cl)c2F)[C@@]1(C#N)c1ccc(Cl)cc1F. The smallest absolute Gasteiger partial charge is 0.264 e. The number of unbranched alkanes of at least 4 members (excludes halogenated alkanes) is 1. The second-order valence-electron chi connectivity index (χ2n) is 13.5. The monoisotopic (exact) mass is 717 g/mol. The molecule has 1 fully saturated rings. The van der Waals surface area contributed by atoms with Crippen molar-refractivity contribution in [3.63, 3.8) is 0 Å². The molecule has 9 nitrogen and oxygen atoms in total. The van der Waals surface area contributed by atoms with Gasteiger partial charge in [-0.05, 0) is 62.3 Å². The van der Waals surface area contributed by atoms with Crippen molar-refractivity contribution >= 4 is 39.2 Å². The van der Waals surface area contributed by atoms with Crippen LogP contribution >= 0.6 is 23.2 Å². The van der Waals surface area contributed by atoms with E-state index in [1.807, 2.05) is 20.8 Å². The van der Waals surface area contributed by atoms with Gasteiger partial charge in [-0.1, -0.05) is 62.2 Å². The summed E-state index contributed by atoms with van der Waals surface area (Å²) in [6.07, 6.45) is 2.07. The summed E-state index contributed by atoms with van der Waals surface area (Å²) in [6, 6.07) is 8.22. The maximum absolute atomic E-state index is 16.1. The van der Waals surface area contributed by atoms with E-state index in [-0.39, 0.29) is 53.9 Å². The zero-order valence-corrected chi connectivity index (χ0v) is 29.8. The van der Waals surface area contributed by atoms with Gasteiger partial charge in [-0.15, -0.1) is 0 Å². The van der Waals surface area contributed by atoms with Gasteiger partial charge in [0, 0.05) is 35.6 Å². The Morgan fingerprint density at radius 3 is 2.38 bits per heavy atom. The predicted molar refractivity (Wildman–Crippen MR) is 176 cm³/mol. The Kier molecular flexibility index (Phi) is 12.8. The van der Waals surface area contributed by atoms with Gasteiger partial charge in [0.25, 0.3) is 10.1 Å². The van der Waals surface area contributed by atoms with Crippen LogP contribution in [-0.4, -0.2) is 74.8 Å². The Labute approximate surface area is 286 Å². The molecule has 0 spiro atoms. The number of amides is 1. The Morgan fingerprint density at radius 1 is 1.13 bits per heavy atom. The van der Waals surface area contributed by atoms with Crippen LogP contribution in [0.1, 0.15) is 70.9 Å². The predicted octanol–water partition coefficient (Wildman–Crippen LogP) is 5.92. The molecule has 1 aliphatic rings. The van der Waals surface area contributed by atoms with Crippen LogP contribution in [0, 0.1) is 28.4 Å². The molecule has 2 N–H and O–H groups in total. The molecule has 0 radical (unpaired) electrons. The number of nitrogens with one attached hydrogen (secondary N) is 1. The Balaban J connectivity index is 2.26. The maximum Gasteiger partial charge on any atom is 0.264 e. The second-order valence-corrected chi connectivity index (χ2v) is 16.0. The molecule has 14 heteroatoms. The molecule has 1 saturated heterocycles. The molecule has 4 atom stereocenters. The molecule has 1 amide bonds. The fraction of sp³-hybridized carbons (Fsp3) is 0.576. The lowest BCUT2D eigenvalue weighted by Crippen LogP contribution is -2.50. The number of halogens is 4. The van der Waals surface area contributed by atoms with Crippen molar-refractivity contribution in [1.82, 2.24) is 10.2 Å². The first kappa shape index (κ1) is 39.1. The molecule has 0 aliphatic carbocycles. The normalized spacial score (nSPS) is 22.3. The van der Waals surface area contributed by atoms with Crippen LogP contribution in [0.25, 0.3) is 0 Å². The third kappa shape index (κ3) is 9.85. The molecular formula is C33H43Cl2F2N3O6S. The van der Waals surface area contributed by atoms with Crippen molar-refractivity contribution < 1.29 is 36.0 Å². The zero-order chi connectivity index (χ0) is 35.4. The first-order valence-electron chi connectivity index (χ1n) is 15.3. The number of carbonyl (C=O) groups is 1. The zero-order valence-electron chi connectivity index (χ0n) is 27.4. The third-order valence-corrected chi connectivity index (χ3v) is 9.14. The number of ether oxygens (including phenoxy) is 1. The topological polar surface area (TPSA) is 129 Å². The molecule has 260 valence electrons. The molecule has 2 aromatic rings. The highest BCUT2D eigenvalue weighted by Gasteiger charge is 2.64. The van der Waals surface area contributed by atoms with Crippen LogP contribution in [0.4, 0.5) is 8.78 Å². The summed E-state index contributed by atoms with van der Waals surface area (Å²) in [7, 11) is -3.89. The third-order valence-electron chi connectivity index (χ3n) is 8.01. The molecule has 0 saturated carbocycles. The van der Waals surface area contributed by atoms with Gasteiger partial charge < -0.3 is 15.2 Å². The Bertz CT molecular complexity index is 1580. The quantitative estimate of drug-likeness (QED) is 0.140. The van der Waals surface area contributed by atoms with E-state index >= 15 is 8.78 Å². The van der Waals surface area contributed by atoms with Crippen molar-refractivity contribution in [1.29, 1.82) is 5.26 Å². The molecular weight excluding hydrogens is 675 g/mol. The number of hydrogen-bond donors (Lipinski definition) is 2. The van der Waals surface area contributed by atoms with E-state index in [0.717, 1.165) is 12.3 Å². The number of hydrogen-bond acceptors (Lipinski definition) is 8. The van der Waals surface area contributed by atoms with Crippen molar-refractivity contribution in [2.24, 2.45) is 5.41 Å². The first-order chi connectivity index (χ1) is 21.7. The highest BCUT2D eigenvalue weighted by molar-refractivity contribution is 7.85. The molecule has 0 bridgehead atoms. The van der Waals surface area contributed by atoms with E-state index < -0.39 is 62.3 Å². The van der Waals surface area contributed by atoms with E-state index in [9.17, 15) is 23.6 Å². The Morgan fingerprint density at radius 2 is 1.81 bits per heavy atom.